The Morgan fingerprint density at radius 2 is 1.82 bits per heavy atom. The van der Waals surface area contributed by atoms with Gasteiger partial charge in [0.05, 0.1) is 28.6 Å². The van der Waals surface area contributed by atoms with E-state index >= 15 is 0 Å². The summed E-state index contributed by atoms with van der Waals surface area (Å²) in [6, 6.07) is 19.3. The lowest BCUT2D eigenvalue weighted by Crippen LogP contribution is -2.41. The number of carbonyl (C=O) groups is 1. The van der Waals surface area contributed by atoms with Crippen LogP contribution in [-0.4, -0.2) is 51.5 Å². The number of pyridine rings is 1. The Hall–Kier alpha value is -2.44. The van der Waals surface area contributed by atoms with Gasteiger partial charge in [0.1, 0.15) is 0 Å². The Morgan fingerprint density at radius 1 is 1.06 bits per heavy atom. The standard InChI is InChI=1S/C26H27Cl2N3O2/c27-23-7-6-20(14-24(23)28)15-26(33)31(16-19-8-11-29-12-9-19)18-25(21-4-2-1-3-5-21)30-13-10-22(32)17-30/h1-9,11-12,14,22,25,32H,10,13,15-18H2. The monoisotopic (exact) mass is 483 g/mol. The van der Waals surface area contributed by atoms with Gasteiger partial charge in [-0.3, -0.25) is 14.7 Å². The Kier molecular flexibility index (Phi) is 7.99. The van der Waals surface area contributed by atoms with Crippen LogP contribution in [0.1, 0.15) is 29.2 Å². The van der Waals surface area contributed by atoms with E-state index in [-0.39, 0.29) is 24.5 Å². The van der Waals surface area contributed by atoms with Crippen molar-refractivity contribution in [1.29, 1.82) is 0 Å². The third-order valence-electron chi connectivity index (χ3n) is 6.03. The van der Waals surface area contributed by atoms with Crippen LogP contribution in [0.5, 0.6) is 0 Å². The fraction of sp³-hybridized carbons (Fsp3) is 0.308. The number of carbonyl (C=O) groups excluding carboxylic acids is 1. The van der Waals surface area contributed by atoms with E-state index in [1.165, 1.54) is 0 Å². The summed E-state index contributed by atoms with van der Waals surface area (Å²) in [5, 5.41) is 11.1. The molecule has 2 heterocycles. The van der Waals surface area contributed by atoms with Crippen LogP contribution >= 0.6 is 23.2 Å². The fourth-order valence-corrected chi connectivity index (χ4v) is 4.59. The fourth-order valence-electron chi connectivity index (χ4n) is 4.27. The molecule has 2 unspecified atom stereocenters. The number of amides is 1. The SMILES string of the molecule is O=C(Cc1ccc(Cl)c(Cl)c1)N(Cc1ccncc1)CC(c1ccccc1)N1CCC(O)C1. The zero-order valence-corrected chi connectivity index (χ0v) is 19.8. The van der Waals surface area contributed by atoms with Crippen molar-refractivity contribution in [3.63, 3.8) is 0 Å². The summed E-state index contributed by atoms with van der Waals surface area (Å²) in [5.74, 6) is 0.00544. The molecule has 1 N–H and O–H groups in total. The van der Waals surface area contributed by atoms with Crippen LogP contribution in [0.25, 0.3) is 0 Å². The van der Waals surface area contributed by atoms with Crippen molar-refractivity contribution in [3.05, 3.63) is 99.8 Å². The van der Waals surface area contributed by atoms with E-state index < -0.39 is 0 Å². The summed E-state index contributed by atoms with van der Waals surface area (Å²) in [6.45, 7) is 2.38. The molecule has 1 aliphatic heterocycles. The quantitative estimate of drug-likeness (QED) is 0.501. The van der Waals surface area contributed by atoms with Gasteiger partial charge in [0.2, 0.25) is 5.91 Å². The van der Waals surface area contributed by atoms with Crippen LogP contribution in [-0.2, 0) is 17.8 Å². The van der Waals surface area contributed by atoms with Crippen LogP contribution in [0.2, 0.25) is 10.0 Å². The molecule has 1 amide bonds. The molecule has 0 spiro atoms. The van der Waals surface area contributed by atoms with Crippen molar-refractivity contribution in [1.82, 2.24) is 14.8 Å². The minimum atomic E-state index is -0.336. The van der Waals surface area contributed by atoms with Gasteiger partial charge in [0.25, 0.3) is 0 Å². The summed E-state index contributed by atoms with van der Waals surface area (Å²) < 4.78 is 0. The molecule has 7 heteroatoms. The van der Waals surface area contributed by atoms with E-state index in [2.05, 4.69) is 22.0 Å². The van der Waals surface area contributed by atoms with E-state index in [1.807, 2.05) is 41.3 Å². The summed E-state index contributed by atoms with van der Waals surface area (Å²) in [6.07, 6.45) is 4.11. The minimum Gasteiger partial charge on any atom is -0.392 e. The van der Waals surface area contributed by atoms with Crippen LogP contribution in [0.4, 0.5) is 0 Å². The van der Waals surface area contributed by atoms with Crippen LogP contribution in [0, 0.1) is 0 Å². The van der Waals surface area contributed by atoms with E-state index in [0.29, 0.717) is 29.7 Å². The van der Waals surface area contributed by atoms with Crippen molar-refractivity contribution >= 4 is 29.1 Å². The number of rotatable bonds is 8. The second-order valence-corrected chi connectivity index (χ2v) is 9.23. The molecule has 1 aliphatic rings. The van der Waals surface area contributed by atoms with E-state index in [4.69, 9.17) is 23.2 Å². The first-order valence-corrected chi connectivity index (χ1v) is 11.8. The highest BCUT2D eigenvalue weighted by Crippen LogP contribution is 2.28. The number of β-amino-alcohol motifs (C(OH)–C–C–N with tert-alkyl or cyclic N) is 1. The molecule has 0 aliphatic carbocycles. The lowest BCUT2D eigenvalue weighted by Gasteiger charge is -2.34. The smallest absolute Gasteiger partial charge is 0.227 e. The molecule has 172 valence electrons. The predicted octanol–water partition coefficient (Wildman–Crippen LogP) is 4.77. The number of aliphatic hydroxyl groups is 1. The molecule has 33 heavy (non-hydrogen) atoms. The highest BCUT2D eigenvalue weighted by Gasteiger charge is 2.30. The molecule has 0 bridgehead atoms. The Labute approximate surface area is 204 Å². The maximum atomic E-state index is 13.5. The van der Waals surface area contributed by atoms with Gasteiger partial charge in [-0.25, -0.2) is 0 Å². The molecule has 1 fully saturated rings. The van der Waals surface area contributed by atoms with E-state index in [1.54, 1.807) is 24.5 Å². The third-order valence-corrected chi connectivity index (χ3v) is 6.77. The molecule has 3 aromatic rings. The topological polar surface area (TPSA) is 56.7 Å². The highest BCUT2D eigenvalue weighted by molar-refractivity contribution is 6.42. The molecule has 2 atom stereocenters. The average Bonchev–Trinajstić information content (AvgIpc) is 3.26. The molecule has 4 rings (SSSR count). The maximum Gasteiger partial charge on any atom is 0.227 e. The van der Waals surface area contributed by atoms with Crippen molar-refractivity contribution < 1.29 is 9.90 Å². The number of hydrogen-bond acceptors (Lipinski definition) is 4. The van der Waals surface area contributed by atoms with Crippen LogP contribution in [0.15, 0.2) is 73.1 Å². The first-order chi connectivity index (χ1) is 16.0. The molecular weight excluding hydrogens is 457 g/mol. The predicted molar refractivity (Wildman–Crippen MR) is 131 cm³/mol. The third kappa shape index (κ3) is 6.33. The highest BCUT2D eigenvalue weighted by atomic mass is 35.5. The summed E-state index contributed by atoms with van der Waals surface area (Å²) in [7, 11) is 0. The van der Waals surface area contributed by atoms with E-state index in [9.17, 15) is 9.90 Å². The van der Waals surface area contributed by atoms with E-state index in [0.717, 1.165) is 29.7 Å². The minimum absolute atomic E-state index is 0.00544. The van der Waals surface area contributed by atoms with Crippen molar-refractivity contribution in [2.75, 3.05) is 19.6 Å². The number of aromatic nitrogens is 1. The van der Waals surface area contributed by atoms with Crippen molar-refractivity contribution in [2.24, 2.45) is 0 Å². The average molecular weight is 484 g/mol. The number of halogens is 2. The lowest BCUT2D eigenvalue weighted by molar-refractivity contribution is -0.132. The Morgan fingerprint density at radius 3 is 2.48 bits per heavy atom. The molecular formula is C26H27Cl2N3O2. The van der Waals surface area contributed by atoms with Gasteiger partial charge in [-0.05, 0) is 47.4 Å². The Balaban J connectivity index is 1.60. The van der Waals surface area contributed by atoms with Crippen molar-refractivity contribution in [3.8, 4) is 0 Å². The number of hydrogen-bond donors (Lipinski definition) is 1. The van der Waals surface area contributed by atoms with Gasteiger partial charge < -0.3 is 10.0 Å². The second-order valence-electron chi connectivity index (χ2n) is 8.42. The summed E-state index contributed by atoms with van der Waals surface area (Å²) in [5.41, 5.74) is 2.97. The summed E-state index contributed by atoms with van der Waals surface area (Å²) >= 11 is 12.2. The number of aliphatic hydroxyl groups excluding tert-OH is 1. The zero-order valence-electron chi connectivity index (χ0n) is 18.3. The molecule has 5 nitrogen and oxygen atoms in total. The van der Waals surface area contributed by atoms with Crippen LogP contribution < -0.4 is 0 Å². The molecule has 0 radical (unpaired) electrons. The number of benzene rings is 2. The maximum absolute atomic E-state index is 13.5. The van der Waals surface area contributed by atoms with Gasteiger partial charge in [0, 0.05) is 38.6 Å². The van der Waals surface area contributed by atoms with Crippen LogP contribution in [0.3, 0.4) is 0 Å². The van der Waals surface area contributed by atoms with Gasteiger partial charge in [-0.2, -0.15) is 0 Å². The molecule has 2 aromatic carbocycles. The van der Waals surface area contributed by atoms with Crippen molar-refractivity contribution in [2.45, 2.75) is 31.5 Å². The lowest BCUT2D eigenvalue weighted by atomic mass is 10.0. The van der Waals surface area contributed by atoms with Gasteiger partial charge >= 0.3 is 0 Å². The number of nitrogens with zero attached hydrogens (tertiary/aromatic N) is 3. The molecule has 1 aromatic heterocycles. The second kappa shape index (κ2) is 11.1. The van der Waals surface area contributed by atoms with Gasteiger partial charge in [-0.15, -0.1) is 0 Å². The molecule has 0 saturated carbocycles. The Bertz CT molecular complexity index is 1070. The first kappa shape index (κ1) is 23.7. The van der Waals surface area contributed by atoms with Gasteiger partial charge in [-0.1, -0.05) is 59.6 Å². The largest absolute Gasteiger partial charge is 0.392 e. The summed E-state index contributed by atoms with van der Waals surface area (Å²) in [4.78, 5) is 21.8. The zero-order chi connectivity index (χ0) is 23.2. The number of likely N-dealkylation sites (tertiary alicyclic amines) is 1. The first-order valence-electron chi connectivity index (χ1n) is 11.1. The molecule has 1 saturated heterocycles. The normalized spacial score (nSPS) is 17.1. The van der Waals surface area contributed by atoms with Gasteiger partial charge in [0.15, 0.2) is 0 Å².